The number of amides is 1. The molecular weight excluding hydrogens is 352 g/mol. The van der Waals surface area contributed by atoms with Crippen molar-refractivity contribution in [3.63, 3.8) is 0 Å². The van der Waals surface area contributed by atoms with Gasteiger partial charge in [-0.1, -0.05) is 13.3 Å². The van der Waals surface area contributed by atoms with Gasteiger partial charge in [0, 0.05) is 24.1 Å². The highest BCUT2D eigenvalue weighted by atomic mass is 35.5. The smallest absolute Gasteiger partial charge is 0.258 e. The Morgan fingerprint density at radius 2 is 1.77 bits per heavy atom. The maximum atomic E-state index is 12.3. The van der Waals surface area contributed by atoms with Crippen molar-refractivity contribution in [3.05, 3.63) is 29.8 Å². The molecule has 2 saturated carbocycles. The summed E-state index contributed by atoms with van der Waals surface area (Å²) >= 11 is 0. The van der Waals surface area contributed by atoms with Crippen LogP contribution in [0.5, 0.6) is 5.75 Å². The van der Waals surface area contributed by atoms with Gasteiger partial charge in [0.25, 0.3) is 5.91 Å². The summed E-state index contributed by atoms with van der Waals surface area (Å²) in [5.41, 5.74) is 6.81. The van der Waals surface area contributed by atoms with Gasteiger partial charge in [0.15, 0.2) is 12.4 Å². The number of carbonyl (C=O) groups is 2. The first-order valence-electron chi connectivity index (χ1n) is 9.37. The summed E-state index contributed by atoms with van der Waals surface area (Å²) in [5, 5.41) is 3.18. The highest BCUT2D eigenvalue weighted by molar-refractivity contribution is 5.95. The SMILES string of the molecule is CCC(=O)c1ccc(OCC(=O)NC2C3CCCC2CC(N)C3)cc1.Cl. The summed E-state index contributed by atoms with van der Waals surface area (Å²) in [6.07, 6.45) is 6.06. The summed E-state index contributed by atoms with van der Waals surface area (Å²) < 4.78 is 5.57. The van der Waals surface area contributed by atoms with E-state index in [1.165, 1.54) is 6.42 Å². The van der Waals surface area contributed by atoms with Crippen LogP contribution in [-0.2, 0) is 4.79 Å². The molecule has 2 fully saturated rings. The van der Waals surface area contributed by atoms with Crippen molar-refractivity contribution in [2.75, 3.05) is 6.61 Å². The van der Waals surface area contributed by atoms with E-state index in [9.17, 15) is 9.59 Å². The van der Waals surface area contributed by atoms with E-state index in [2.05, 4.69) is 5.32 Å². The molecule has 6 heteroatoms. The highest BCUT2D eigenvalue weighted by Gasteiger charge is 2.39. The van der Waals surface area contributed by atoms with Crippen molar-refractivity contribution in [1.29, 1.82) is 0 Å². The zero-order valence-electron chi connectivity index (χ0n) is 15.3. The van der Waals surface area contributed by atoms with Crippen molar-refractivity contribution < 1.29 is 14.3 Å². The minimum Gasteiger partial charge on any atom is -0.484 e. The molecule has 0 radical (unpaired) electrons. The molecule has 2 atom stereocenters. The molecule has 2 unspecified atom stereocenters. The van der Waals surface area contributed by atoms with E-state index in [0.29, 0.717) is 29.6 Å². The van der Waals surface area contributed by atoms with E-state index in [0.717, 1.165) is 25.7 Å². The van der Waals surface area contributed by atoms with Crippen LogP contribution in [0.15, 0.2) is 24.3 Å². The van der Waals surface area contributed by atoms with Crippen LogP contribution in [0.1, 0.15) is 55.8 Å². The molecule has 0 aliphatic heterocycles. The molecule has 0 heterocycles. The largest absolute Gasteiger partial charge is 0.484 e. The fourth-order valence-corrected chi connectivity index (χ4v) is 4.34. The number of benzene rings is 1. The first-order valence-corrected chi connectivity index (χ1v) is 9.37. The molecule has 26 heavy (non-hydrogen) atoms. The zero-order chi connectivity index (χ0) is 17.8. The Bertz CT molecular complexity index is 606. The lowest BCUT2D eigenvalue weighted by molar-refractivity contribution is -0.125. The first-order chi connectivity index (χ1) is 12.1. The Kier molecular flexibility index (Phi) is 7.47. The number of ether oxygens (including phenoxy) is 1. The Labute approximate surface area is 161 Å². The molecule has 0 saturated heterocycles. The van der Waals surface area contributed by atoms with Crippen LogP contribution in [0.4, 0.5) is 0 Å². The summed E-state index contributed by atoms with van der Waals surface area (Å²) in [5.74, 6) is 1.64. The molecule has 0 aromatic heterocycles. The maximum Gasteiger partial charge on any atom is 0.258 e. The van der Waals surface area contributed by atoms with E-state index in [1.807, 2.05) is 6.92 Å². The second kappa shape index (κ2) is 9.38. The van der Waals surface area contributed by atoms with Gasteiger partial charge in [0.2, 0.25) is 0 Å². The predicted octanol–water partition coefficient (Wildman–Crippen LogP) is 3.10. The average Bonchev–Trinajstić information content (AvgIpc) is 2.60. The van der Waals surface area contributed by atoms with Gasteiger partial charge < -0.3 is 15.8 Å². The van der Waals surface area contributed by atoms with E-state index < -0.39 is 0 Å². The molecule has 3 rings (SSSR count). The summed E-state index contributed by atoms with van der Waals surface area (Å²) in [7, 11) is 0. The fraction of sp³-hybridized carbons (Fsp3) is 0.600. The quantitative estimate of drug-likeness (QED) is 0.743. The number of hydrogen-bond acceptors (Lipinski definition) is 4. The number of hydrogen-bond donors (Lipinski definition) is 2. The monoisotopic (exact) mass is 380 g/mol. The highest BCUT2D eigenvalue weighted by Crippen LogP contribution is 2.39. The van der Waals surface area contributed by atoms with Crippen LogP contribution in [-0.4, -0.2) is 30.4 Å². The van der Waals surface area contributed by atoms with Crippen LogP contribution < -0.4 is 15.8 Å². The van der Waals surface area contributed by atoms with Crippen LogP contribution in [0, 0.1) is 11.8 Å². The molecule has 2 aliphatic carbocycles. The van der Waals surface area contributed by atoms with Crippen molar-refractivity contribution in [1.82, 2.24) is 5.32 Å². The van der Waals surface area contributed by atoms with Crippen LogP contribution in [0.25, 0.3) is 0 Å². The topological polar surface area (TPSA) is 81.4 Å². The lowest BCUT2D eigenvalue weighted by atomic mass is 9.67. The van der Waals surface area contributed by atoms with Gasteiger partial charge in [0.05, 0.1) is 0 Å². The molecule has 144 valence electrons. The lowest BCUT2D eigenvalue weighted by Gasteiger charge is -2.45. The van der Waals surface area contributed by atoms with Gasteiger partial charge >= 0.3 is 0 Å². The van der Waals surface area contributed by atoms with Crippen LogP contribution in [0.3, 0.4) is 0 Å². The van der Waals surface area contributed by atoms with Gasteiger partial charge in [-0.05, 0) is 61.8 Å². The molecule has 0 spiro atoms. The van der Waals surface area contributed by atoms with Crippen molar-refractivity contribution >= 4 is 24.1 Å². The molecule has 2 bridgehead atoms. The van der Waals surface area contributed by atoms with Gasteiger partial charge in [-0.15, -0.1) is 12.4 Å². The number of fused-ring (bicyclic) bond motifs is 2. The average molecular weight is 381 g/mol. The summed E-state index contributed by atoms with van der Waals surface area (Å²) in [6.45, 7) is 1.84. The molecule has 1 aromatic rings. The number of ketones is 1. The minimum atomic E-state index is -0.0777. The molecule has 1 amide bonds. The van der Waals surface area contributed by atoms with E-state index in [-0.39, 0.29) is 42.8 Å². The Balaban J connectivity index is 0.00000243. The minimum absolute atomic E-state index is 0. The van der Waals surface area contributed by atoms with Crippen LogP contribution >= 0.6 is 12.4 Å². The van der Waals surface area contributed by atoms with Crippen molar-refractivity contribution in [2.45, 2.75) is 57.5 Å². The van der Waals surface area contributed by atoms with E-state index >= 15 is 0 Å². The second-order valence-corrected chi connectivity index (χ2v) is 7.37. The lowest BCUT2D eigenvalue weighted by Crippen LogP contribution is -2.54. The summed E-state index contributed by atoms with van der Waals surface area (Å²) in [4.78, 5) is 23.9. The normalized spacial score (nSPS) is 27.2. The third kappa shape index (κ3) is 4.98. The third-order valence-corrected chi connectivity index (χ3v) is 5.57. The Morgan fingerprint density at radius 1 is 1.15 bits per heavy atom. The van der Waals surface area contributed by atoms with E-state index in [1.54, 1.807) is 24.3 Å². The Morgan fingerprint density at radius 3 is 2.35 bits per heavy atom. The van der Waals surface area contributed by atoms with Gasteiger partial charge in [-0.25, -0.2) is 0 Å². The Hall–Kier alpha value is -1.59. The molecular formula is C20H29ClN2O3. The standard InChI is InChI=1S/C20H28N2O3.ClH/c1-2-18(23)13-6-8-17(9-7-13)25-12-19(24)22-20-14-4-3-5-15(20)11-16(21)10-14;/h6-9,14-16,20H,2-5,10-12,21H2,1H3,(H,22,24);1H. The first kappa shape index (κ1) is 20.7. The fourth-order valence-electron chi connectivity index (χ4n) is 4.34. The van der Waals surface area contributed by atoms with Crippen molar-refractivity contribution in [2.24, 2.45) is 17.6 Å². The number of carbonyl (C=O) groups excluding carboxylic acids is 2. The molecule has 2 aliphatic rings. The maximum absolute atomic E-state index is 12.3. The van der Waals surface area contributed by atoms with Gasteiger partial charge in [-0.3, -0.25) is 9.59 Å². The third-order valence-electron chi connectivity index (χ3n) is 5.57. The van der Waals surface area contributed by atoms with Crippen molar-refractivity contribution in [3.8, 4) is 5.75 Å². The number of nitrogens with one attached hydrogen (secondary N) is 1. The summed E-state index contributed by atoms with van der Waals surface area (Å²) in [6, 6.07) is 7.49. The zero-order valence-corrected chi connectivity index (χ0v) is 16.1. The van der Waals surface area contributed by atoms with E-state index in [4.69, 9.17) is 10.5 Å². The number of Topliss-reactive ketones (excluding diaryl/α,β-unsaturated/α-hetero) is 1. The predicted molar refractivity (Wildman–Crippen MR) is 104 cm³/mol. The second-order valence-electron chi connectivity index (χ2n) is 7.37. The molecule has 1 aromatic carbocycles. The number of nitrogens with two attached hydrogens (primary N) is 1. The van der Waals surface area contributed by atoms with Gasteiger partial charge in [0.1, 0.15) is 5.75 Å². The number of rotatable bonds is 6. The van der Waals surface area contributed by atoms with Crippen LogP contribution in [0.2, 0.25) is 0 Å². The molecule has 3 N–H and O–H groups in total. The van der Waals surface area contributed by atoms with Gasteiger partial charge in [-0.2, -0.15) is 0 Å². The molecule has 5 nitrogen and oxygen atoms in total. The number of halogens is 1.